The molecule has 3 heterocycles. The van der Waals surface area contributed by atoms with Crippen LogP contribution in [0.3, 0.4) is 0 Å². The van der Waals surface area contributed by atoms with Crippen molar-refractivity contribution in [3.05, 3.63) is 47.5 Å². The van der Waals surface area contributed by atoms with Crippen molar-refractivity contribution < 1.29 is 14.3 Å². The normalized spacial score (nSPS) is 14.9. The van der Waals surface area contributed by atoms with Gasteiger partial charge >= 0.3 is 6.09 Å². The van der Waals surface area contributed by atoms with E-state index in [0.29, 0.717) is 31.7 Å². The number of nitrogens with zero attached hydrogens (tertiary/aromatic N) is 4. The summed E-state index contributed by atoms with van der Waals surface area (Å²) in [5.41, 5.74) is 2.98. The molecule has 1 fully saturated rings. The highest BCUT2D eigenvalue weighted by Gasteiger charge is 2.29. The molecule has 28 heavy (non-hydrogen) atoms. The summed E-state index contributed by atoms with van der Waals surface area (Å²) in [7, 11) is 0. The number of ether oxygens (including phenoxy) is 1. The van der Waals surface area contributed by atoms with Gasteiger partial charge in [-0.15, -0.1) is 0 Å². The molecule has 0 N–H and O–H groups in total. The summed E-state index contributed by atoms with van der Waals surface area (Å²) in [6, 6.07) is 5.78. The number of rotatable bonds is 2. The van der Waals surface area contributed by atoms with Gasteiger partial charge in [-0.2, -0.15) is 0 Å². The quantitative estimate of drug-likeness (QED) is 0.798. The van der Waals surface area contributed by atoms with Gasteiger partial charge in [0.1, 0.15) is 5.60 Å². The number of aromatic nitrogens is 2. The van der Waals surface area contributed by atoms with Gasteiger partial charge in [-0.1, -0.05) is 0 Å². The van der Waals surface area contributed by atoms with E-state index >= 15 is 0 Å². The van der Waals surface area contributed by atoms with Gasteiger partial charge in [0.05, 0.1) is 17.4 Å². The van der Waals surface area contributed by atoms with E-state index in [4.69, 9.17) is 4.74 Å². The Morgan fingerprint density at radius 1 is 1.07 bits per heavy atom. The fourth-order valence-corrected chi connectivity index (χ4v) is 3.45. The standard InChI is InChI=1S/C21H28N4O3/c1-15-13-18(16(2)25(15)17-7-6-8-22-14-17)19(26)23-9-11-24(12-10-23)20(27)28-21(3,4)5/h6-8,13-14H,9-12H2,1-5H3. The van der Waals surface area contributed by atoms with E-state index < -0.39 is 5.60 Å². The third-order valence-corrected chi connectivity index (χ3v) is 4.78. The maximum Gasteiger partial charge on any atom is 0.410 e. The fraction of sp³-hybridized carbons (Fsp3) is 0.476. The van der Waals surface area contributed by atoms with Crippen LogP contribution in [0.1, 0.15) is 42.5 Å². The predicted octanol–water partition coefficient (Wildman–Crippen LogP) is 3.18. The second-order valence-corrected chi connectivity index (χ2v) is 8.09. The molecule has 0 aromatic carbocycles. The van der Waals surface area contributed by atoms with E-state index in [1.54, 1.807) is 22.2 Å². The summed E-state index contributed by atoms with van der Waals surface area (Å²) in [6.07, 6.45) is 3.19. The number of carbonyl (C=O) groups is 2. The van der Waals surface area contributed by atoms with Crippen LogP contribution in [-0.4, -0.2) is 63.1 Å². The van der Waals surface area contributed by atoms with Gasteiger partial charge in [-0.25, -0.2) is 4.79 Å². The van der Waals surface area contributed by atoms with Gasteiger partial charge in [0.25, 0.3) is 5.91 Å². The Kier molecular flexibility index (Phi) is 5.45. The molecule has 7 nitrogen and oxygen atoms in total. The zero-order valence-corrected chi connectivity index (χ0v) is 17.2. The molecule has 150 valence electrons. The fourth-order valence-electron chi connectivity index (χ4n) is 3.45. The molecule has 0 bridgehead atoms. The van der Waals surface area contributed by atoms with Gasteiger partial charge < -0.3 is 19.1 Å². The van der Waals surface area contributed by atoms with Crippen LogP contribution < -0.4 is 0 Å². The monoisotopic (exact) mass is 384 g/mol. The molecule has 2 aromatic rings. The van der Waals surface area contributed by atoms with Crippen molar-refractivity contribution in [2.45, 2.75) is 40.2 Å². The van der Waals surface area contributed by atoms with Gasteiger partial charge in [0.2, 0.25) is 0 Å². The lowest BCUT2D eigenvalue weighted by Crippen LogP contribution is -2.51. The first-order valence-electron chi connectivity index (χ1n) is 9.54. The molecule has 0 aliphatic carbocycles. The van der Waals surface area contributed by atoms with Crippen LogP contribution in [0.4, 0.5) is 4.79 Å². The highest BCUT2D eigenvalue weighted by molar-refractivity contribution is 5.96. The topological polar surface area (TPSA) is 67.7 Å². The van der Waals surface area contributed by atoms with Gasteiger partial charge in [-0.3, -0.25) is 9.78 Å². The number of hydrogen-bond acceptors (Lipinski definition) is 4. The summed E-state index contributed by atoms with van der Waals surface area (Å²) in [6.45, 7) is 11.4. The van der Waals surface area contributed by atoms with Crippen LogP contribution in [0.25, 0.3) is 5.69 Å². The first kappa shape index (κ1) is 19.9. The van der Waals surface area contributed by atoms with Crippen molar-refractivity contribution in [1.29, 1.82) is 0 Å². The molecule has 0 unspecified atom stereocenters. The summed E-state index contributed by atoms with van der Waals surface area (Å²) in [4.78, 5) is 32.9. The van der Waals surface area contributed by atoms with E-state index in [1.807, 2.05) is 57.4 Å². The number of carbonyl (C=O) groups excluding carboxylic acids is 2. The van der Waals surface area contributed by atoms with Crippen LogP contribution in [0.2, 0.25) is 0 Å². The van der Waals surface area contributed by atoms with Crippen molar-refractivity contribution >= 4 is 12.0 Å². The number of piperazine rings is 1. The number of aryl methyl sites for hydroxylation is 1. The minimum atomic E-state index is -0.520. The molecule has 0 saturated carbocycles. The maximum atomic E-state index is 13.1. The molecule has 0 spiro atoms. The highest BCUT2D eigenvalue weighted by Crippen LogP contribution is 2.22. The third kappa shape index (κ3) is 4.18. The lowest BCUT2D eigenvalue weighted by molar-refractivity contribution is 0.0140. The molecule has 1 saturated heterocycles. The molecule has 0 radical (unpaired) electrons. The minimum absolute atomic E-state index is 0.00733. The van der Waals surface area contributed by atoms with Gasteiger partial charge in [-0.05, 0) is 52.8 Å². The number of amides is 2. The van der Waals surface area contributed by atoms with Crippen molar-refractivity contribution in [3.8, 4) is 5.69 Å². The first-order chi connectivity index (χ1) is 13.2. The van der Waals surface area contributed by atoms with E-state index in [2.05, 4.69) is 4.98 Å². The molecule has 7 heteroatoms. The van der Waals surface area contributed by atoms with E-state index in [9.17, 15) is 9.59 Å². The lowest BCUT2D eigenvalue weighted by atomic mass is 10.2. The smallest absolute Gasteiger partial charge is 0.410 e. The van der Waals surface area contributed by atoms with Crippen LogP contribution >= 0.6 is 0 Å². The molecule has 2 aromatic heterocycles. The number of pyridine rings is 1. The van der Waals surface area contributed by atoms with Crippen LogP contribution in [0, 0.1) is 13.8 Å². The van der Waals surface area contributed by atoms with Crippen molar-refractivity contribution in [2.75, 3.05) is 26.2 Å². The molecule has 1 aliphatic rings. The Morgan fingerprint density at radius 2 is 1.71 bits per heavy atom. The summed E-state index contributed by atoms with van der Waals surface area (Å²) in [5.74, 6) is -0.00733. The molecule has 3 rings (SSSR count). The first-order valence-corrected chi connectivity index (χ1v) is 9.54. The Balaban J connectivity index is 1.70. The Bertz CT molecular complexity index is 860. The van der Waals surface area contributed by atoms with Gasteiger partial charge in [0.15, 0.2) is 0 Å². The zero-order chi connectivity index (χ0) is 20.5. The molecular formula is C21H28N4O3. The second-order valence-electron chi connectivity index (χ2n) is 8.09. The largest absolute Gasteiger partial charge is 0.444 e. The van der Waals surface area contributed by atoms with Crippen LogP contribution in [-0.2, 0) is 4.74 Å². The lowest BCUT2D eigenvalue weighted by Gasteiger charge is -2.35. The maximum absolute atomic E-state index is 13.1. The SMILES string of the molecule is Cc1cc(C(=O)N2CCN(C(=O)OC(C)(C)C)CC2)c(C)n1-c1cccnc1. The zero-order valence-electron chi connectivity index (χ0n) is 17.2. The van der Waals surface area contributed by atoms with Gasteiger partial charge in [0, 0.05) is 43.8 Å². The van der Waals surface area contributed by atoms with E-state index in [-0.39, 0.29) is 12.0 Å². The molecule has 0 atom stereocenters. The summed E-state index contributed by atoms with van der Waals surface area (Å²) >= 11 is 0. The Morgan fingerprint density at radius 3 is 2.29 bits per heavy atom. The highest BCUT2D eigenvalue weighted by atomic mass is 16.6. The Labute approximate surface area is 165 Å². The van der Waals surface area contributed by atoms with E-state index in [1.165, 1.54) is 0 Å². The third-order valence-electron chi connectivity index (χ3n) is 4.78. The van der Waals surface area contributed by atoms with Crippen molar-refractivity contribution in [1.82, 2.24) is 19.4 Å². The second kappa shape index (κ2) is 7.66. The predicted molar refractivity (Wildman–Crippen MR) is 107 cm³/mol. The van der Waals surface area contributed by atoms with Crippen molar-refractivity contribution in [3.63, 3.8) is 0 Å². The number of hydrogen-bond donors (Lipinski definition) is 0. The van der Waals surface area contributed by atoms with Crippen LogP contribution in [0.15, 0.2) is 30.6 Å². The summed E-state index contributed by atoms with van der Waals surface area (Å²) in [5, 5.41) is 0. The Hall–Kier alpha value is -2.83. The van der Waals surface area contributed by atoms with E-state index in [0.717, 1.165) is 17.1 Å². The molecule has 2 amide bonds. The van der Waals surface area contributed by atoms with Crippen LogP contribution in [0.5, 0.6) is 0 Å². The summed E-state index contributed by atoms with van der Waals surface area (Å²) < 4.78 is 7.46. The van der Waals surface area contributed by atoms with Crippen molar-refractivity contribution in [2.24, 2.45) is 0 Å². The minimum Gasteiger partial charge on any atom is -0.444 e. The average Bonchev–Trinajstić information content (AvgIpc) is 2.95. The molecule has 1 aliphatic heterocycles. The average molecular weight is 384 g/mol. The molecular weight excluding hydrogens is 356 g/mol.